The van der Waals surface area contributed by atoms with Crippen molar-refractivity contribution in [2.75, 3.05) is 0 Å². The fraction of sp³-hybridized carbons (Fsp3) is 0.409. The lowest BCUT2D eigenvalue weighted by Gasteiger charge is -2.42. The Morgan fingerprint density at radius 3 is 2.20 bits per heavy atom. The second kappa shape index (κ2) is 6.21. The van der Waals surface area contributed by atoms with Gasteiger partial charge in [0.2, 0.25) is 0 Å². The van der Waals surface area contributed by atoms with Crippen molar-refractivity contribution in [2.24, 2.45) is 0 Å². The number of carboxylic acids is 1. The van der Waals surface area contributed by atoms with Crippen LogP contribution in [-0.4, -0.2) is 11.1 Å². The van der Waals surface area contributed by atoms with Gasteiger partial charge in [0.15, 0.2) is 0 Å². The second-order valence-corrected chi connectivity index (χ2v) is 9.48. The zero-order chi connectivity index (χ0) is 18.4. The van der Waals surface area contributed by atoms with Gasteiger partial charge in [-0.25, -0.2) is 4.79 Å². The van der Waals surface area contributed by atoms with E-state index in [9.17, 15) is 4.79 Å². The zero-order valence-electron chi connectivity index (χ0n) is 15.6. The van der Waals surface area contributed by atoms with Crippen molar-refractivity contribution in [1.82, 2.24) is 0 Å². The summed E-state index contributed by atoms with van der Waals surface area (Å²) in [5.41, 5.74) is 4.69. The van der Waals surface area contributed by atoms with Crippen molar-refractivity contribution in [2.45, 2.75) is 68.1 Å². The van der Waals surface area contributed by atoms with Gasteiger partial charge in [0.05, 0.1) is 5.56 Å². The fourth-order valence-electron chi connectivity index (χ4n) is 3.66. The molecule has 0 amide bonds. The Kier molecular flexibility index (Phi) is 4.48. The topological polar surface area (TPSA) is 37.3 Å². The molecule has 0 saturated carbocycles. The van der Waals surface area contributed by atoms with Gasteiger partial charge in [-0.1, -0.05) is 45.5 Å². The van der Waals surface area contributed by atoms with E-state index in [0.29, 0.717) is 5.56 Å². The van der Waals surface area contributed by atoms with Crippen LogP contribution in [0.4, 0.5) is 0 Å². The summed E-state index contributed by atoms with van der Waals surface area (Å²) in [4.78, 5) is 13.4. The summed E-state index contributed by atoms with van der Waals surface area (Å²) < 4.78 is 0. The zero-order valence-corrected chi connectivity index (χ0v) is 16.5. The molecule has 1 aliphatic carbocycles. The Bertz CT molecular complexity index is 834. The largest absolute Gasteiger partial charge is 0.478 e. The van der Waals surface area contributed by atoms with Crippen molar-refractivity contribution < 1.29 is 9.90 Å². The lowest BCUT2D eigenvalue weighted by molar-refractivity contribution is 0.0696. The Balaban J connectivity index is 1.97. The first-order chi connectivity index (χ1) is 11.6. The first-order valence-corrected chi connectivity index (χ1v) is 9.59. The molecule has 0 aliphatic heterocycles. The first kappa shape index (κ1) is 18.1. The quantitative estimate of drug-likeness (QED) is 0.713. The normalized spacial score (nSPS) is 17.8. The molecule has 0 heterocycles. The third kappa shape index (κ3) is 3.48. The second-order valence-electron chi connectivity index (χ2n) is 8.36. The Morgan fingerprint density at radius 2 is 1.60 bits per heavy atom. The van der Waals surface area contributed by atoms with Crippen LogP contribution in [0.1, 0.15) is 67.6 Å². The average Bonchev–Trinajstić information content (AvgIpc) is 2.54. The molecule has 0 saturated heterocycles. The van der Waals surface area contributed by atoms with E-state index >= 15 is 0 Å². The monoisotopic (exact) mass is 354 g/mol. The summed E-state index contributed by atoms with van der Waals surface area (Å²) in [5, 5.41) is 9.12. The molecular weight excluding hydrogens is 328 g/mol. The summed E-state index contributed by atoms with van der Waals surface area (Å²) >= 11 is 1.72. The molecule has 0 atom stereocenters. The third-order valence-corrected chi connectivity index (χ3v) is 6.64. The number of hydrogen-bond donors (Lipinski definition) is 1. The van der Waals surface area contributed by atoms with E-state index in [0.717, 1.165) is 10.5 Å². The van der Waals surface area contributed by atoms with Crippen LogP contribution >= 0.6 is 11.8 Å². The van der Waals surface area contributed by atoms with Crippen molar-refractivity contribution in [3.05, 3.63) is 58.7 Å². The number of aryl methyl sites for hydroxylation is 1. The number of fused-ring (bicyclic) bond motifs is 1. The summed E-state index contributed by atoms with van der Waals surface area (Å²) in [6.45, 7) is 11.3. The van der Waals surface area contributed by atoms with Crippen molar-refractivity contribution in [3.63, 3.8) is 0 Å². The SMILES string of the molecule is Cc1cc(C(=O)O)ccc1Sc1ccc2c(c1)C(C)(C)CCC2(C)C. The number of carboxylic acid groups (broad SMARTS) is 1. The number of hydrogen-bond acceptors (Lipinski definition) is 2. The number of aromatic carboxylic acids is 1. The van der Waals surface area contributed by atoms with E-state index in [-0.39, 0.29) is 10.8 Å². The number of benzene rings is 2. The Labute approximate surface area is 154 Å². The van der Waals surface area contributed by atoms with Gasteiger partial charge in [0, 0.05) is 9.79 Å². The maximum Gasteiger partial charge on any atom is 0.335 e. The van der Waals surface area contributed by atoms with Crippen molar-refractivity contribution >= 4 is 17.7 Å². The third-order valence-electron chi connectivity index (χ3n) is 5.47. The van der Waals surface area contributed by atoms with Gasteiger partial charge in [-0.3, -0.25) is 0 Å². The molecule has 0 fully saturated rings. The van der Waals surface area contributed by atoms with Crippen LogP contribution in [0, 0.1) is 6.92 Å². The predicted molar refractivity (Wildman–Crippen MR) is 104 cm³/mol. The fourth-order valence-corrected chi connectivity index (χ4v) is 4.58. The molecule has 1 aliphatic rings. The molecule has 3 rings (SSSR count). The van der Waals surface area contributed by atoms with Gasteiger partial charge in [0.1, 0.15) is 0 Å². The molecule has 0 unspecified atom stereocenters. The van der Waals surface area contributed by atoms with Crippen LogP contribution in [0.5, 0.6) is 0 Å². The molecule has 3 heteroatoms. The highest BCUT2D eigenvalue weighted by Crippen LogP contribution is 2.47. The van der Waals surface area contributed by atoms with E-state index < -0.39 is 5.97 Å². The highest BCUT2D eigenvalue weighted by Gasteiger charge is 2.36. The number of rotatable bonds is 3. The van der Waals surface area contributed by atoms with Crippen LogP contribution in [0.15, 0.2) is 46.2 Å². The van der Waals surface area contributed by atoms with E-state index in [1.54, 1.807) is 23.9 Å². The van der Waals surface area contributed by atoms with Crippen molar-refractivity contribution in [1.29, 1.82) is 0 Å². The van der Waals surface area contributed by atoms with E-state index in [1.165, 1.54) is 28.9 Å². The van der Waals surface area contributed by atoms with Gasteiger partial charge in [0.25, 0.3) is 0 Å². The lowest BCUT2D eigenvalue weighted by atomic mass is 9.63. The van der Waals surface area contributed by atoms with Crippen LogP contribution in [0.2, 0.25) is 0 Å². The van der Waals surface area contributed by atoms with Gasteiger partial charge in [-0.15, -0.1) is 0 Å². The summed E-state index contributed by atoms with van der Waals surface area (Å²) in [7, 11) is 0. The first-order valence-electron chi connectivity index (χ1n) is 8.77. The highest BCUT2D eigenvalue weighted by atomic mass is 32.2. The maximum absolute atomic E-state index is 11.1. The minimum absolute atomic E-state index is 0.198. The molecule has 0 radical (unpaired) electrons. The van der Waals surface area contributed by atoms with Crippen LogP contribution in [0.25, 0.3) is 0 Å². The predicted octanol–water partition coefficient (Wildman–Crippen LogP) is 6.19. The Morgan fingerprint density at radius 1 is 0.960 bits per heavy atom. The molecule has 2 aromatic rings. The molecule has 25 heavy (non-hydrogen) atoms. The van der Waals surface area contributed by atoms with Crippen LogP contribution in [0.3, 0.4) is 0 Å². The molecule has 0 bridgehead atoms. The summed E-state index contributed by atoms with van der Waals surface area (Å²) in [6, 6.07) is 12.2. The van der Waals surface area contributed by atoms with Gasteiger partial charge in [-0.05, 0) is 77.6 Å². The molecule has 132 valence electrons. The van der Waals surface area contributed by atoms with Gasteiger partial charge < -0.3 is 5.11 Å². The summed E-state index contributed by atoms with van der Waals surface area (Å²) in [6.07, 6.45) is 2.42. The standard InChI is InChI=1S/C22H26O2S/c1-14-12-15(20(23)24)6-9-19(14)25-16-7-8-17-18(13-16)22(4,5)11-10-21(17,2)3/h6-9,12-13H,10-11H2,1-5H3,(H,23,24). The molecule has 0 spiro atoms. The molecule has 0 aromatic heterocycles. The van der Waals surface area contributed by atoms with Gasteiger partial charge in [-0.2, -0.15) is 0 Å². The molecule has 2 aromatic carbocycles. The van der Waals surface area contributed by atoms with Crippen molar-refractivity contribution in [3.8, 4) is 0 Å². The van der Waals surface area contributed by atoms with Crippen LogP contribution < -0.4 is 0 Å². The molecular formula is C22H26O2S. The molecule has 2 nitrogen and oxygen atoms in total. The lowest BCUT2D eigenvalue weighted by Crippen LogP contribution is -2.33. The highest BCUT2D eigenvalue weighted by molar-refractivity contribution is 7.99. The van der Waals surface area contributed by atoms with E-state index in [1.807, 2.05) is 13.0 Å². The van der Waals surface area contributed by atoms with E-state index in [2.05, 4.69) is 45.9 Å². The summed E-state index contributed by atoms with van der Waals surface area (Å²) in [5.74, 6) is -0.877. The minimum atomic E-state index is -0.877. The smallest absolute Gasteiger partial charge is 0.335 e. The Hall–Kier alpha value is -1.74. The maximum atomic E-state index is 11.1. The minimum Gasteiger partial charge on any atom is -0.478 e. The van der Waals surface area contributed by atoms with Gasteiger partial charge >= 0.3 is 5.97 Å². The number of carbonyl (C=O) groups is 1. The average molecular weight is 355 g/mol. The molecule has 1 N–H and O–H groups in total. The van der Waals surface area contributed by atoms with E-state index in [4.69, 9.17) is 5.11 Å². The van der Waals surface area contributed by atoms with Crippen LogP contribution in [-0.2, 0) is 10.8 Å².